The molecule has 1 heterocycles. The van der Waals surface area contributed by atoms with Crippen molar-refractivity contribution in [2.24, 2.45) is 5.73 Å². The first-order valence-corrected chi connectivity index (χ1v) is 11.0. The minimum Gasteiger partial charge on any atom is -0.474 e. The molecule has 1 saturated carbocycles. The van der Waals surface area contributed by atoms with Crippen molar-refractivity contribution in [2.45, 2.75) is 63.1 Å². The summed E-state index contributed by atoms with van der Waals surface area (Å²) in [6, 6.07) is 13.4. The van der Waals surface area contributed by atoms with Gasteiger partial charge in [-0.2, -0.15) is 0 Å². The number of hydrogen-bond acceptors (Lipinski definition) is 5. The van der Waals surface area contributed by atoms with Crippen molar-refractivity contribution in [3.8, 4) is 5.88 Å². The van der Waals surface area contributed by atoms with E-state index in [9.17, 15) is 9.59 Å². The van der Waals surface area contributed by atoms with Gasteiger partial charge in [-0.3, -0.25) is 9.59 Å². The van der Waals surface area contributed by atoms with Crippen molar-refractivity contribution in [1.29, 1.82) is 0 Å². The van der Waals surface area contributed by atoms with E-state index in [0.29, 0.717) is 6.42 Å². The van der Waals surface area contributed by atoms with Gasteiger partial charge in [0.1, 0.15) is 11.7 Å². The van der Waals surface area contributed by atoms with Gasteiger partial charge in [-0.25, -0.2) is 9.82 Å². The first-order valence-electron chi connectivity index (χ1n) is 10.7. The zero-order chi connectivity index (χ0) is 22.1. The van der Waals surface area contributed by atoms with Crippen molar-refractivity contribution in [3.63, 3.8) is 0 Å². The van der Waals surface area contributed by atoms with E-state index in [1.807, 2.05) is 18.2 Å². The fourth-order valence-electron chi connectivity index (χ4n) is 3.85. The molecule has 1 aromatic heterocycles. The maximum Gasteiger partial charge on any atom is 0.254 e. The van der Waals surface area contributed by atoms with Crippen LogP contribution in [-0.2, 0) is 11.2 Å². The van der Waals surface area contributed by atoms with Crippen LogP contribution in [-0.4, -0.2) is 35.0 Å². The summed E-state index contributed by atoms with van der Waals surface area (Å²) in [5.74, 6) is -0.285. The number of aromatic nitrogens is 1. The molecule has 7 nitrogen and oxygen atoms in total. The van der Waals surface area contributed by atoms with Gasteiger partial charge in [-0.15, -0.1) is 0 Å². The smallest absolute Gasteiger partial charge is 0.254 e. The molecule has 1 fully saturated rings. The molecule has 3 rings (SSSR count). The van der Waals surface area contributed by atoms with Gasteiger partial charge in [-0.1, -0.05) is 30.3 Å². The lowest BCUT2D eigenvalue weighted by Gasteiger charge is -2.29. The van der Waals surface area contributed by atoms with Gasteiger partial charge in [0, 0.05) is 24.7 Å². The van der Waals surface area contributed by atoms with Crippen LogP contribution < -0.4 is 20.6 Å². The zero-order valence-electron chi connectivity index (χ0n) is 17.4. The van der Waals surface area contributed by atoms with E-state index >= 15 is 0 Å². The second-order valence-corrected chi connectivity index (χ2v) is 8.13. The summed E-state index contributed by atoms with van der Waals surface area (Å²) in [6.45, 7) is 0. The molecule has 1 aromatic carbocycles. The van der Waals surface area contributed by atoms with E-state index in [0.717, 1.165) is 38.5 Å². The highest BCUT2D eigenvalue weighted by Gasteiger charge is 2.25. The number of nitrogens with zero attached hydrogens (tertiary/aromatic N) is 1. The molecule has 0 bridgehead atoms. The molecule has 4 N–H and O–H groups in total. The Morgan fingerprint density at radius 1 is 1.13 bits per heavy atom. The standard InChI is InChI=1S/C23H29ClN4O3/c24-28-18(9-8-16-5-2-1-3-6-16)15-21(29)27-17-10-12-19(13-11-17)31-23-20(22(25)30)7-4-14-26-23/h1-7,14,17-19,28H,8-13,15H2,(H2,25,30)(H,27,29)/t17?,18-,19?/m0/s1. The quantitative estimate of drug-likeness (QED) is 0.488. The van der Waals surface area contributed by atoms with Gasteiger partial charge in [0.25, 0.3) is 5.91 Å². The molecule has 1 aliphatic carbocycles. The number of benzene rings is 1. The van der Waals surface area contributed by atoms with Gasteiger partial charge < -0.3 is 15.8 Å². The summed E-state index contributed by atoms with van der Waals surface area (Å²) in [4.78, 5) is 30.9. The topological polar surface area (TPSA) is 106 Å². The molecule has 1 aliphatic rings. The number of hydrogen-bond donors (Lipinski definition) is 3. The number of ether oxygens (including phenoxy) is 1. The van der Waals surface area contributed by atoms with E-state index in [1.165, 1.54) is 5.56 Å². The first-order chi connectivity index (χ1) is 15.0. The Morgan fingerprint density at radius 3 is 2.55 bits per heavy atom. The third-order valence-electron chi connectivity index (χ3n) is 5.56. The van der Waals surface area contributed by atoms with Crippen LogP contribution >= 0.6 is 11.8 Å². The number of rotatable bonds is 10. The number of carbonyl (C=O) groups excluding carboxylic acids is 2. The lowest BCUT2D eigenvalue weighted by Crippen LogP contribution is -2.42. The van der Waals surface area contributed by atoms with Gasteiger partial charge >= 0.3 is 0 Å². The Balaban J connectivity index is 1.40. The Kier molecular flexibility index (Phi) is 8.67. The molecule has 166 valence electrons. The largest absolute Gasteiger partial charge is 0.474 e. The SMILES string of the molecule is NC(=O)c1cccnc1OC1CCC(NC(=O)C[C@H](CCc2ccccc2)NCl)CC1. The van der Waals surface area contributed by atoms with Crippen molar-refractivity contribution in [1.82, 2.24) is 15.1 Å². The van der Waals surface area contributed by atoms with Crippen molar-refractivity contribution in [3.05, 3.63) is 59.8 Å². The molecule has 2 aromatic rings. The lowest BCUT2D eigenvalue weighted by atomic mass is 9.92. The monoisotopic (exact) mass is 444 g/mol. The van der Waals surface area contributed by atoms with Crippen molar-refractivity contribution < 1.29 is 14.3 Å². The minimum atomic E-state index is -0.557. The normalized spacial score (nSPS) is 19.4. The molecule has 0 radical (unpaired) electrons. The van der Waals surface area contributed by atoms with Gasteiger partial charge in [-0.05, 0) is 68.0 Å². The second kappa shape index (κ2) is 11.7. The maximum atomic E-state index is 12.5. The molecular weight excluding hydrogens is 416 g/mol. The predicted octanol–water partition coefficient (Wildman–Crippen LogP) is 3.12. The fourth-order valence-corrected chi connectivity index (χ4v) is 4.03. The summed E-state index contributed by atoms with van der Waals surface area (Å²) in [5, 5.41) is 3.11. The zero-order valence-corrected chi connectivity index (χ0v) is 18.2. The molecule has 31 heavy (non-hydrogen) atoms. The van der Waals surface area contributed by atoms with E-state index in [-0.39, 0.29) is 35.5 Å². The van der Waals surface area contributed by atoms with E-state index in [4.69, 9.17) is 22.2 Å². The van der Waals surface area contributed by atoms with Crippen molar-refractivity contribution in [2.75, 3.05) is 0 Å². The molecule has 0 spiro atoms. The van der Waals surface area contributed by atoms with Crippen LogP contribution in [0.5, 0.6) is 5.88 Å². The van der Waals surface area contributed by atoms with Crippen LogP contribution in [0.1, 0.15) is 54.4 Å². The van der Waals surface area contributed by atoms with Crippen LogP contribution in [0, 0.1) is 0 Å². The Hall–Kier alpha value is -2.64. The van der Waals surface area contributed by atoms with Gasteiger partial charge in [0.05, 0.1) is 0 Å². The molecule has 2 amide bonds. The van der Waals surface area contributed by atoms with E-state index in [2.05, 4.69) is 27.3 Å². The molecule has 0 unspecified atom stereocenters. The number of halogens is 1. The van der Waals surface area contributed by atoms with Crippen molar-refractivity contribution >= 4 is 23.6 Å². The maximum absolute atomic E-state index is 12.5. The van der Waals surface area contributed by atoms with Gasteiger partial charge in [0.2, 0.25) is 11.8 Å². The number of primary amides is 1. The number of carbonyl (C=O) groups is 2. The van der Waals surface area contributed by atoms with Gasteiger partial charge in [0.15, 0.2) is 0 Å². The average molecular weight is 445 g/mol. The third kappa shape index (κ3) is 7.22. The van der Waals surface area contributed by atoms with Crippen LogP contribution in [0.25, 0.3) is 0 Å². The highest BCUT2D eigenvalue weighted by Crippen LogP contribution is 2.25. The predicted molar refractivity (Wildman–Crippen MR) is 120 cm³/mol. The fraction of sp³-hybridized carbons (Fsp3) is 0.435. The van der Waals surface area contributed by atoms with Crippen LogP contribution in [0.15, 0.2) is 48.7 Å². The number of pyridine rings is 1. The molecule has 0 saturated heterocycles. The molecule has 0 aliphatic heterocycles. The lowest BCUT2D eigenvalue weighted by molar-refractivity contribution is -0.122. The number of nitrogens with two attached hydrogens (primary N) is 1. The van der Waals surface area contributed by atoms with E-state index in [1.54, 1.807) is 18.3 Å². The summed E-state index contributed by atoms with van der Waals surface area (Å²) < 4.78 is 5.90. The average Bonchev–Trinajstić information content (AvgIpc) is 2.79. The van der Waals surface area contributed by atoms with E-state index < -0.39 is 5.91 Å². The summed E-state index contributed by atoms with van der Waals surface area (Å²) >= 11 is 5.87. The number of nitrogens with one attached hydrogen (secondary N) is 2. The Bertz CT molecular complexity index is 857. The summed E-state index contributed by atoms with van der Waals surface area (Å²) in [5.41, 5.74) is 6.89. The minimum absolute atomic E-state index is 0.00341. The highest BCUT2D eigenvalue weighted by molar-refractivity contribution is 6.13. The Labute approximate surface area is 187 Å². The molecular formula is C23H29ClN4O3. The number of aryl methyl sites for hydroxylation is 1. The van der Waals surface area contributed by atoms with Crippen LogP contribution in [0.3, 0.4) is 0 Å². The van der Waals surface area contributed by atoms with Crippen LogP contribution in [0.4, 0.5) is 0 Å². The molecule has 1 atom stereocenters. The third-order valence-corrected chi connectivity index (χ3v) is 5.87. The highest BCUT2D eigenvalue weighted by atomic mass is 35.5. The summed E-state index contributed by atoms with van der Waals surface area (Å²) in [6.07, 6.45) is 6.65. The first kappa shape index (κ1) is 23.0. The number of amides is 2. The molecule has 8 heteroatoms. The summed E-state index contributed by atoms with van der Waals surface area (Å²) in [7, 11) is 0. The van der Waals surface area contributed by atoms with Crippen LogP contribution in [0.2, 0.25) is 0 Å². The second-order valence-electron chi connectivity index (χ2n) is 7.91. The Morgan fingerprint density at radius 2 is 1.87 bits per heavy atom.